The fourth-order valence-electron chi connectivity index (χ4n) is 2.70. The van der Waals surface area contributed by atoms with Crippen LogP contribution in [-0.2, 0) is 6.42 Å². The van der Waals surface area contributed by atoms with Gasteiger partial charge in [-0.15, -0.1) is 11.3 Å². The average molecular weight is 406 g/mol. The number of hydrogen-bond donors (Lipinski definition) is 2. The van der Waals surface area contributed by atoms with Crippen molar-refractivity contribution in [1.82, 2.24) is 25.1 Å². The molecular weight excluding hydrogens is 390 g/mol. The van der Waals surface area contributed by atoms with Gasteiger partial charge in [-0.05, 0) is 37.2 Å². The Kier molecular flexibility index (Phi) is 4.88. The standard InChI is InChI=1S/C17H16ClN5OS2/c18-11-3-1-10(2-4-11)16-20-13(9-26-16)15(24)19-8-7-14-21-22-17(25)23(14)12-5-6-12/h1-4,9,12H,5-8H2,(H,19,24)(H,22,25). The molecule has 4 rings (SSSR count). The number of hydrogen-bond acceptors (Lipinski definition) is 5. The van der Waals surface area contributed by atoms with Crippen LogP contribution in [0.15, 0.2) is 29.6 Å². The molecule has 0 radical (unpaired) electrons. The van der Waals surface area contributed by atoms with Crippen molar-refractivity contribution in [3.05, 3.63) is 51.0 Å². The lowest BCUT2D eigenvalue weighted by atomic mass is 10.2. The Labute approximate surface area is 164 Å². The highest BCUT2D eigenvalue weighted by molar-refractivity contribution is 7.71. The number of H-pyrrole nitrogens is 1. The molecule has 6 nitrogen and oxygen atoms in total. The molecule has 1 aliphatic carbocycles. The van der Waals surface area contributed by atoms with Crippen LogP contribution in [0.1, 0.15) is 35.2 Å². The molecule has 1 fully saturated rings. The summed E-state index contributed by atoms with van der Waals surface area (Å²) in [4.78, 5) is 16.7. The van der Waals surface area contributed by atoms with Crippen molar-refractivity contribution in [1.29, 1.82) is 0 Å². The number of benzene rings is 1. The Morgan fingerprint density at radius 2 is 2.15 bits per heavy atom. The number of carbonyl (C=O) groups excluding carboxylic acids is 1. The van der Waals surface area contributed by atoms with Crippen LogP contribution >= 0.6 is 35.2 Å². The Balaban J connectivity index is 1.37. The summed E-state index contributed by atoms with van der Waals surface area (Å²) in [7, 11) is 0. The second-order valence-electron chi connectivity index (χ2n) is 6.10. The molecule has 3 aromatic rings. The Bertz CT molecular complexity index is 987. The topological polar surface area (TPSA) is 75.6 Å². The predicted octanol–water partition coefficient (Wildman–Crippen LogP) is 4.02. The highest BCUT2D eigenvalue weighted by atomic mass is 35.5. The molecule has 26 heavy (non-hydrogen) atoms. The lowest BCUT2D eigenvalue weighted by Crippen LogP contribution is -2.26. The van der Waals surface area contributed by atoms with Gasteiger partial charge in [0.1, 0.15) is 16.5 Å². The SMILES string of the molecule is O=C(NCCc1n[nH]c(=S)n1C1CC1)c1csc(-c2ccc(Cl)cc2)n1. The van der Waals surface area contributed by atoms with Crippen molar-refractivity contribution in [2.24, 2.45) is 0 Å². The second-order valence-corrected chi connectivity index (χ2v) is 7.78. The first-order valence-electron chi connectivity index (χ1n) is 8.27. The van der Waals surface area contributed by atoms with Crippen molar-refractivity contribution >= 4 is 41.1 Å². The maximum absolute atomic E-state index is 12.3. The zero-order valence-electron chi connectivity index (χ0n) is 13.7. The Hall–Kier alpha value is -2.03. The van der Waals surface area contributed by atoms with E-state index in [1.165, 1.54) is 11.3 Å². The smallest absolute Gasteiger partial charge is 0.270 e. The first-order chi connectivity index (χ1) is 12.6. The van der Waals surface area contributed by atoms with E-state index in [1.807, 2.05) is 24.3 Å². The monoisotopic (exact) mass is 405 g/mol. The number of aromatic amines is 1. The van der Waals surface area contributed by atoms with Gasteiger partial charge in [0.05, 0.1) is 0 Å². The van der Waals surface area contributed by atoms with E-state index in [4.69, 9.17) is 23.8 Å². The van der Waals surface area contributed by atoms with Gasteiger partial charge in [0.25, 0.3) is 5.91 Å². The highest BCUT2D eigenvalue weighted by Crippen LogP contribution is 2.35. The minimum Gasteiger partial charge on any atom is -0.350 e. The molecule has 0 saturated heterocycles. The predicted molar refractivity (Wildman–Crippen MR) is 104 cm³/mol. The molecule has 0 bridgehead atoms. The van der Waals surface area contributed by atoms with E-state index >= 15 is 0 Å². The third-order valence-electron chi connectivity index (χ3n) is 4.15. The summed E-state index contributed by atoms with van der Waals surface area (Å²) in [6, 6.07) is 7.87. The van der Waals surface area contributed by atoms with Gasteiger partial charge < -0.3 is 9.88 Å². The molecule has 134 valence electrons. The summed E-state index contributed by atoms with van der Waals surface area (Å²) in [5.74, 6) is 0.700. The van der Waals surface area contributed by atoms with E-state index in [9.17, 15) is 4.79 Å². The van der Waals surface area contributed by atoms with Gasteiger partial charge in [0.2, 0.25) is 0 Å². The maximum atomic E-state index is 12.3. The number of thiazole rings is 1. The normalized spacial score (nSPS) is 13.7. The van der Waals surface area contributed by atoms with E-state index in [0.717, 1.165) is 29.2 Å². The van der Waals surface area contributed by atoms with Crippen LogP contribution in [0.4, 0.5) is 0 Å². The van der Waals surface area contributed by atoms with E-state index in [-0.39, 0.29) is 5.91 Å². The summed E-state index contributed by atoms with van der Waals surface area (Å²) in [5.41, 5.74) is 1.36. The van der Waals surface area contributed by atoms with Crippen LogP contribution in [-0.4, -0.2) is 32.2 Å². The van der Waals surface area contributed by atoms with E-state index < -0.39 is 0 Å². The van der Waals surface area contributed by atoms with Crippen LogP contribution in [0, 0.1) is 4.77 Å². The summed E-state index contributed by atoms with van der Waals surface area (Å²) in [6.07, 6.45) is 2.91. The first kappa shape index (κ1) is 17.4. The number of rotatable bonds is 6. The Morgan fingerprint density at radius 1 is 1.38 bits per heavy atom. The molecule has 0 atom stereocenters. The Morgan fingerprint density at radius 3 is 2.88 bits per heavy atom. The number of nitrogens with one attached hydrogen (secondary N) is 2. The van der Waals surface area contributed by atoms with Crippen molar-refractivity contribution in [2.45, 2.75) is 25.3 Å². The van der Waals surface area contributed by atoms with Gasteiger partial charge in [-0.3, -0.25) is 9.89 Å². The number of carbonyl (C=O) groups is 1. The quantitative estimate of drug-likeness (QED) is 0.607. The van der Waals surface area contributed by atoms with Gasteiger partial charge in [0, 0.05) is 35.0 Å². The van der Waals surface area contributed by atoms with E-state index in [2.05, 4.69) is 25.1 Å². The largest absolute Gasteiger partial charge is 0.350 e. The van der Waals surface area contributed by atoms with Crippen LogP contribution in [0.5, 0.6) is 0 Å². The maximum Gasteiger partial charge on any atom is 0.270 e. The number of nitrogens with zero attached hydrogens (tertiary/aromatic N) is 3. The molecule has 1 saturated carbocycles. The lowest BCUT2D eigenvalue weighted by Gasteiger charge is -2.05. The molecule has 2 N–H and O–H groups in total. The molecule has 0 aliphatic heterocycles. The minimum absolute atomic E-state index is 0.187. The second kappa shape index (κ2) is 7.30. The average Bonchev–Trinajstić information content (AvgIpc) is 3.22. The van der Waals surface area contributed by atoms with Crippen LogP contribution in [0.2, 0.25) is 5.02 Å². The van der Waals surface area contributed by atoms with Gasteiger partial charge in [-0.1, -0.05) is 23.7 Å². The molecule has 9 heteroatoms. The van der Waals surface area contributed by atoms with Crippen LogP contribution in [0.25, 0.3) is 10.6 Å². The first-order valence-corrected chi connectivity index (χ1v) is 9.94. The van der Waals surface area contributed by atoms with Crippen molar-refractivity contribution < 1.29 is 4.79 Å². The van der Waals surface area contributed by atoms with Crippen LogP contribution in [0.3, 0.4) is 0 Å². The zero-order chi connectivity index (χ0) is 18.1. The number of aromatic nitrogens is 4. The van der Waals surface area contributed by atoms with Gasteiger partial charge in [0.15, 0.2) is 4.77 Å². The summed E-state index contributed by atoms with van der Waals surface area (Å²) in [5, 5.41) is 13.2. The highest BCUT2D eigenvalue weighted by Gasteiger charge is 2.27. The van der Waals surface area contributed by atoms with Gasteiger partial charge >= 0.3 is 0 Å². The number of amides is 1. The van der Waals surface area contributed by atoms with Gasteiger partial charge in [-0.2, -0.15) is 5.10 Å². The van der Waals surface area contributed by atoms with E-state index in [0.29, 0.717) is 34.5 Å². The third kappa shape index (κ3) is 3.72. The van der Waals surface area contributed by atoms with Crippen molar-refractivity contribution in [3.8, 4) is 10.6 Å². The van der Waals surface area contributed by atoms with E-state index in [1.54, 1.807) is 5.38 Å². The minimum atomic E-state index is -0.187. The van der Waals surface area contributed by atoms with Crippen molar-refractivity contribution in [2.75, 3.05) is 6.54 Å². The molecule has 0 spiro atoms. The summed E-state index contributed by atoms with van der Waals surface area (Å²) < 4.78 is 2.71. The third-order valence-corrected chi connectivity index (χ3v) is 5.58. The molecule has 2 heterocycles. The molecule has 0 unspecified atom stereocenters. The molecule has 1 amide bonds. The molecule has 1 aromatic carbocycles. The van der Waals surface area contributed by atoms with Gasteiger partial charge in [-0.25, -0.2) is 4.98 Å². The summed E-state index contributed by atoms with van der Waals surface area (Å²) in [6.45, 7) is 0.485. The fraction of sp³-hybridized carbons (Fsp3) is 0.294. The molecule has 1 aliphatic rings. The molecule has 2 aromatic heterocycles. The number of halogens is 1. The lowest BCUT2D eigenvalue weighted by molar-refractivity contribution is 0.0949. The fourth-order valence-corrected chi connectivity index (χ4v) is 3.94. The van der Waals surface area contributed by atoms with Crippen molar-refractivity contribution in [3.63, 3.8) is 0 Å². The molecular formula is C17H16ClN5OS2. The zero-order valence-corrected chi connectivity index (χ0v) is 16.1. The van der Waals surface area contributed by atoms with Crippen LogP contribution < -0.4 is 5.32 Å². The summed E-state index contributed by atoms with van der Waals surface area (Å²) >= 11 is 12.6.